The van der Waals surface area contributed by atoms with Crippen LogP contribution >= 0.6 is 24.8 Å². The Morgan fingerprint density at radius 1 is 1.13 bits per heavy atom. The fourth-order valence-electron chi connectivity index (χ4n) is 5.23. The summed E-state index contributed by atoms with van der Waals surface area (Å²) in [4.78, 5) is 18.2. The van der Waals surface area contributed by atoms with E-state index in [0.717, 1.165) is 44.1 Å². The number of rotatable bonds is 10. The van der Waals surface area contributed by atoms with Gasteiger partial charge in [-0.3, -0.25) is 19.5 Å². The summed E-state index contributed by atoms with van der Waals surface area (Å²) in [6.45, 7) is 1.58. The highest BCUT2D eigenvalue weighted by Crippen LogP contribution is 2.40. The normalized spacial score (nSPS) is 16.1. The molecule has 46 heavy (non-hydrogen) atoms. The lowest BCUT2D eigenvalue weighted by atomic mass is 10.1. The van der Waals surface area contributed by atoms with Gasteiger partial charge >= 0.3 is 12.1 Å². The molecule has 254 valence electrons. The Bertz CT molecular complexity index is 1530. The molecule has 0 atom stereocenters. The number of carboxylic acid groups (broad SMARTS) is 1. The second-order valence-corrected chi connectivity index (χ2v) is 12.6. The highest BCUT2D eigenvalue weighted by atomic mass is 35.5. The zero-order chi connectivity index (χ0) is 31.9. The number of nitrogen functional groups attached to an aromatic ring is 1. The lowest BCUT2D eigenvalue weighted by molar-refractivity contribution is -0.139. The molecular weight excluding hydrogens is 670 g/mol. The van der Waals surface area contributed by atoms with Gasteiger partial charge in [-0.1, -0.05) is 36.8 Å². The maximum Gasteiger partial charge on any atom is 0.420 e. The molecular formula is C30H38Cl2F3N5O5S. The van der Waals surface area contributed by atoms with Gasteiger partial charge in [-0.2, -0.15) is 13.2 Å². The second-order valence-electron chi connectivity index (χ2n) is 10.7. The number of carboxylic acids is 1. The van der Waals surface area contributed by atoms with Gasteiger partial charge in [0.25, 0.3) is 0 Å². The number of benzene rings is 2. The predicted octanol–water partition coefficient (Wildman–Crippen LogP) is 5.58. The number of carbonyl (C=O) groups is 1. The van der Waals surface area contributed by atoms with E-state index in [0.29, 0.717) is 47.4 Å². The Labute approximate surface area is 278 Å². The molecule has 0 spiro atoms. The molecule has 4 N–H and O–H groups in total. The molecule has 2 aromatic rings. The van der Waals surface area contributed by atoms with Crippen LogP contribution in [0.1, 0.15) is 55.2 Å². The number of alkyl halides is 3. The van der Waals surface area contributed by atoms with Gasteiger partial charge in [0.15, 0.2) is 5.75 Å². The Hall–Kier alpha value is -3.49. The molecule has 1 fully saturated rings. The molecule has 2 aromatic carbocycles. The Morgan fingerprint density at radius 3 is 2.50 bits per heavy atom. The number of sulfonamides is 1. The van der Waals surface area contributed by atoms with Crippen molar-refractivity contribution in [2.45, 2.75) is 50.8 Å². The second kappa shape index (κ2) is 16.9. The lowest BCUT2D eigenvalue weighted by Crippen LogP contribution is -2.42. The van der Waals surface area contributed by atoms with Gasteiger partial charge < -0.3 is 20.5 Å². The van der Waals surface area contributed by atoms with Crippen molar-refractivity contribution in [3.8, 4) is 5.75 Å². The molecule has 2 aliphatic rings. The lowest BCUT2D eigenvalue weighted by Gasteiger charge is -2.34. The summed E-state index contributed by atoms with van der Waals surface area (Å²) in [6, 6.07) is 9.44. The molecule has 0 unspecified atom stereocenters. The maximum atomic E-state index is 14.3. The van der Waals surface area contributed by atoms with E-state index in [-0.39, 0.29) is 36.3 Å². The van der Waals surface area contributed by atoms with Crippen molar-refractivity contribution in [1.29, 1.82) is 5.41 Å². The highest BCUT2D eigenvalue weighted by Gasteiger charge is 2.37. The number of halogens is 5. The molecule has 16 heteroatoms. The Morgan fingerprint density at radius 2 is 1.85 bits per heavy atom. The highest BCUT2D eigenvalue weighted by molar-refractivity contribution is 7.93. The molecule has 2 aliphatic heterocycles. The molecule has 4 rings (SSSR count). The van der Waals surface area contributed by atoms with Crippen molar-refractivity contribution in [1.82, 2.24) is 4.90 Å². The van der Waals surface area contributed by atoms with E-state index in [1.54, 1.807) is 24.3 Å². The summed E-state index contributed by atoms with van der Waals surface area (Å²) in [5.41, 5.74) is 4.99. The van der Waals surface area contributed by atoms with Crippen LogP contribution in [-0.2, 0) is 21.0 Å². The minimum absolute atomic E-state index is 0. The SMILES string of the molecule is Cl.Cl.N=C(N)c1cccc(/C=C/CN(c2ccc(OC3CCN(C4=NCCCCC4)CC3)c(C(F)(F)F)c2)S(=O)(=O)CC(=O)O)c1. The fourth-order valence-corrected chi connectivity index (χ4v) is 6.45. The van der Waals surface area contributed by atoms with Gasteiger partial charge in [0.1, 0.15) is 17.7 Å². The van der Waals surface area contributed by atoms with E-state index < -0.39 is 51.9 Å². The van der Waals surface area contributed by atoms with Crippen LogP contribution in [-0.4, -0.2) is 74.1 Å². The predicted molar refractivity (Wildman–Crippen MR) is 177 cm³/mol. The topological polar surface area (TPSA) is 149 Å². The van der Waals surface area contributed by atoms with Gasteiger partial charge in [0, 0.05) is 44.5 Å². The number of ether oxygens (including phenoxy) is 1. The number of hydrogen-bond acceptors (Lipinski definition) is 7. The maximum absolute atomic E-state index is 14.3. The van der Waals surface area contributed by atoms with Crippen LogP contribution in [0.3, 0.4) is 0 Å². The number of piperidine rings is 1. The van der Waals surface area contributed by atoms with Crippen LogP contribution in [0.2, 0.25) is 0 Å². The van der Waals surface area contributed by atoms with Crippen molar-refractivity contribution in [2.24, 2.45) is 10.7 Å². The first-order valence-corrected chi connectivity index (χ1v) is 15.9. The first-order chi connectivity index (χ1) is 20.8. The van der Waals surface area contributed by atoms with Crippen molar-refractivity contribution in [3.05, 3.63) is 65.2 Å². The molecule has 0 amide bonds. The minimum Gasteiger partial charge on any atom is -0.490 e. The number of amidine groups is 2. The van der Waals surface area contributed by atoms with E-state index >= 15 is 0 Å². The Kier molecular flexibility index (Phi) is 14.2. The number of aliphatic imine (C=N–C) groups is 1. The quantitative estimate of drug-likeness (QED) is 0.216. The number of anilines is 1. The molecule has 0 aromatic heterocycles. The number of nitrogens with two attached hydrogens (primary N) is 1. The summed E-state index contributed by atoms with van der Waals surface area (Å²) in [5.74, 6) is -2.51. The van der Waals surface area contributed by atoms with Crippen LogP contribution in [0.25, 0.3) is 6.08 Å². The number of aliphatic carboxylic acids is 1. The molecule has 0 saturated carbocycles. The number of hydrogen-bond donors (Lipinski definition) is 3. The van der Waals surface area contributed by atoms with Gasteiger partial charge in [-0.05, 0) is 42.7 Å². The minimum atomic E-state index is -4.87. The standard InChI is InChI=1S/C30H36F3N5O5S.2ClH/c31-30(32,33)25-19-23(10-11-26(25)43-24-12-16-37(17-13-24)27-9-2-1-3-14-36-27)38(44(41,42)20-28(39)40)15-5-7-21-6-4-8-22(18-21)29(34)35;;/h4-8,10-11,18-19,24H,1-3,9,12-17,20H2,(H3,34,35)(H,39,40);2*1H/b7-5+;;. The van der Waals surface area contributed by atoms with E-state index in [2.05, 4.69) is 9.89 Å². The third-order valence-corrected chi connectivity index (χ3v) is 9.07. The summed E-state index contributed by atoms with van der Waals surface area (Å²) < 4.78 is 75.3. The summed E-state index contributed by atoms with van der Waals surface area (Å²) >= 11 is 0. The summed E-state index contributed by atoms with van der Waals surface area (Å²) in [7, 11) is -4.57. The Balaban J connectivity index is 0.00000368. The summed E-state index contributed by atoms with van der Waals surface area (Å²) in [5, 5.41) is 16.8. The van der Waals surface area contributed by atoms with Gasteiger partial charge in [0.2, 0.25) is 10.0 Å². The molecule has 1 saturated heterocycles. The number of nitrogens with one attached hydrogen (secondary N) is 1. The number of likely N-dealkylation sites (tertiary alicyclic amines) is 1. The average Bonchev–Trinajstić information content (AvgIpc) is 3.25. The van der Waals surface area contributed by atoms with Crippen LogP contribution in [0.15, 0.2) is 53.5 Å². The van der Waals surface area contributed by atoms with Crippen LogP contribution in [0, 0.1) is 5.41 Å². The largest absolute Gasteiger partial charge is 0.490 e. The van der Waals surface area contributed by atoms with Gasteiger partial charge in [-0.15, -0.1) is 24.8 Å². The van der Waals surface area contributed by atoms with E-state index in [1.165, 1.54) is 18.2 Å². The summed E-state index contributed by atoms with van der Waals surface area (Å²) in [6.07, 6.45) is 2.71. The van der Waals surface area contributed by atoms with E-state index in [1.807, 2.05) is 0 Å². The first-order valence-electron chi connectivity index (χ1n) is 14.3. The number of nitrogens with zero attached hydrogens (tertiary/aromatic N) is 3. The van der Waals surface area contributed by atoms with Crippen molar-refractivity contribution in [3.63, 3.8) is 0 Å². The molecule has 10 nitrogen and oxygen atoms in total. The monoisotopic (exact) mass is 707 g/mol. The third-order valence-electron chi connectivity index (χ3n) is 7.43. The zero-order valence-corrected chi connectivity index (χ0v) is 27.4. The molecule has 0 aliphatic carbocycles. The third kappa shape index (κ3) is 10.5. The van der Waals surface area contributed by atoms with Gasteiger partial charge in [-0.25, -0.2) is 8.42 Å². The van der Waals surface area contributed by atoms with Crippen LogP contribution < -0.4 is 14.8 Å². The fraction of sp³-hybridized carbons (Fsp3) is 0.433. The van der Waals surface area contributed by atoms with E-state index in [4.69, 9.17) is 15.9 Å². The van der Waals surface area contributed by atoms with Gasteiger partial charge in [0.05, 0.1) is 23.6 Å². The van der Waals surface area contributed by atoms with Crippen LogP contribution in [0.5, 0.6) is 5.75 Å². The van der Waals surface area contributed by atoms with Crippen molar-refractivity contribution >= 4 is 64.2 Å². The molecule has 0 radical (unpaired) electrons. The first kappa shape index (κ1) is 38.7. The van der Waals surface area contributed by atoms with Crippen molar-refractivity contribution < 1.29 is 36.2 Å². The van der Waals surface area contributed by atoms with Crippen molar-refractivity contribution in [2.75, 3.05) is 36.2 Å². The molecule has 2 heterocycles. The smallest absolute Gasteiger partial charge is 0.420 e. The average molecular weight is 709 g/mol. The molecule has 0 bridgehead atoms. The van der Waals surface area contributed by atoms with E-state index in [9.17, 15) is 31.5 Å². The van der Waals surface area contributed by atoms with Crippen LogP contribution in [0.4, 0.5) is 18.9 Å². The zero-order valence-electron chi connectivity index (χ0n) is 24.9.